The molecule has 1 atom stereocenters. The first-order chi connectivity index (χ1) is 6.68. The zero-order valence-electron chi connectivity index (χ0n) is 8.40. The van der Waals surface area contributed by atoms with Gasteiger partial charge >= 0.3 is 0 Å². The van der Waals surface area contributed by atoms with E-state index in [0.29, 0.717) is 12.8 Å². The maximum Gasteiger partial charge on any atom is 0.139 e. The number of thiazole rings is 1. The van der Waals surface area contributed by atoms with Crippen LogP contribution in [0.2, 0.25) is 0 Å². The van der Waals surface area contributed by atoms with Gasteiger partial charge in [-0.2, -0.15) is 0 Å². The normalized spacial score (nSPS) is 12.7. The number of hydrogen-bond donors (Lipinski definition) is 1. The van der Waals surface area contributed by atoms with Crippen LogP contribution in [0.3, 0.4) is 0 Å². The van der Waals surface area contributed by atoms with E-state index in [-0.39, 0.29) is 11.8 Å². The molecule has 14 heavy (non-hydrogen) atoms. The van der Waals surface area contributed by atoms with Crippen molar-refractivity contribution in [3.8, 4) is 0 Å². The first-order valence-electron chi connectivity index (χ1n) is 4.84. The van der Waals surface area contributed by atoms with Crippen LogP contribution in [0.25, 0.3) is 0 Å². The average Bonchev–Trinajstić information content (AvgIpc) is 2.56. The lowest BCUT2D eigenvalue weighted by Crippen LogP contribution is -2.15. The van der Waals surface area contributed by atoms with Crippen molar-refractivity contribution in [2.24, 2.45) is 5.73 Å². The minimum absolute atomic E-state index is 0.197. The Bertz CT molecular complexity index is 270. The molecule has 2 N–H and O–H groups in total. The number of nitrogens with two attached hydrogens (primary N) is 1. The standard InChI is InChI=1S/C10H16N2OS/c1-8(11)3-2-4-9(13)7-10-12-5-6-14-10/h5-6,8H,2-4,7,11H2,1H3. The Morgan fingerprint density at radius 1 is 1.71 bits per heavy atom. The predicted octanol–water partition coefficient (Wildman–Crippen LogP) is 1.77. The molecular weight excluding hydrogens is 196 g/mol. The molecule has 0 bridgehead atoms. The molecule has 0 saturated heterocycles. The van der Waals surface area contributed by atoms with E-state index >= 15 is 0 Å². The van der Waals surface area contributed by atoms with E-state index in [2.05, 4.69) is 4.98 Å². The molecule has 1 aromatic heterocycles. The molecule has 1 unspecified atom stereocenters. The second kappa shape index (κ2) is 5.88. The number of hydrogen-bond acceptors (Lipinski definition) is 4. The predicted molar refractivity (Wildman–Crippen MR) is 58.3 cm³/mol. The van der Waals surface area contributed by atoms with Crippen molar-refractivity contribution in [1.82, 2.24) is 4.98 Å². The summed E-state index contributed by atoms with van der Waals surface area (Å²) in [5.74, 6) is 0.264. The number of aromatic nitrogens is 1. The fourth-order valence-electron chi connectivity index (χ4n) is 1.22. The van der Waals surface area contributed by atoms with E-state index in [9.17, 15) is 4.79 Å². The number of carbonyl (C=O) groups excluding carboxylic acids is 1. The second-order valence-corrected chi connectivity index (χ2v) is 4.49. The summed E-state index contributed by atoms with van der Waals surface area (Å²) in [6.07, 6.45) is 4.65. The van der Waals surface area contributed by atoms with Gasteiger partial charge in [-0.25, -0.2) is 4.98 Å². The van der Waals surface area contributed by atoms with Gasteiger partial charge < -0.3 is 5.73 Å². The van der Waals surface area contributed by atoms with Gasteiger partial charge in [-0.3, -0.25) is 4.79 Å². The van der Waals surface area contributed by atoms with Crippen LogP contribution in [-0.2, 0) is 11.2 Å². The van der Waals surface area contributed by atoms with E-state index in [1.165, 1.54) is 11.3 Å². The van der Waals surface area contributed by atoms with Crippen LogP contribution in [0.5, 0.6) is 0 Å². The van der Waals surface area contributed by atoms with Crippen LogP contribution in [0, 0.1) is 0 Å². The lowest BCUT2D eigenvalue weighted by atomic mass is 10.1. The molecule has 3 nitrogen and oxygen atoms in total. The number of ketones is 1. The maximum atomic E-state index is 11.4. The van der Waals surface area contributed by atoms with Crippen molar-refractivity contribution in [3.05, 3.63) is 16.6 Å². The van der Waals surface area contributed by atoms with Crippen molar-refractivity contribution in [2.75, 3.05) is 0 Å². The third-order valence-corrected chi connectivity index (χ3v) is 2.73. The van der Waals surface area contributed by atoms with Crippen LogP contribution in [0.1, 0.15) is 31.2 Å². The smallest absolute Gasteiger partial charge is 0.139 e. The fraction of sp³-hybridized carbons (Fsp3) is 0.600. The van der Waals surface area contributed by atoms with Gasteiger partial charge in [0.15, 0.2) is 0 Å². The number of rotatable bonds is 6. The van der Waals surface area contributed by atoms with Gasteiger partial charge in [-0.1, -0.05) is 0 Å². The molecule has 0 aromatic carbocycles. The maximum absolute atomic E-state index is 11.4. The summed E-state index contributed by atoms with van der Waals surface area (Å²) in [6, 6.07) is 0.197. The second-order valence-electron chi connectivity index (χ2n) is 3.51. The van der Waals surface area contributed by atoms with E-state index in [1.54, 1.807) is 6.20 Å². The molecule has 1 aromatic rings. The van der Waals surface area contributed by atoms with Gasteiger partial charge in [-0.05, 0) is 19.8 Å². The Balaban J connectivity index is 2.17. The van der Waals surface area contributed by atoms with E-state index in [1.807, 2.05) is 12.3 Å². The molecular formula is C10H16N2OS. The summed E-state index contributed by atoms with van der Waals surface area (Å²) >= 11 is 1.53. The van der Waals surface area contributed by atoms with Crippen LogP contribution in [0.15, 0.2) is 11.6 Å². The molecule has 0 radical (unpaired) electrons. The van der Waals surface area contributed by atoms with Gasteiger partial charge in [0.05, 0.1) is 11.4 Å². The Morgan fingerprint density at radius 2 is 2.50 bits per heavy atom. The van der Waals surface area contributed by atoms with Gasteiger partial charge in [0.1, 0.15) is 5.78 Å². The first-order valence-corrected chi connectivity index (χ1v) is 5.72. The van der Waals surface area contributed by atoms with Gasteiger partial charge in [0.25, 0.3) is 0 Å². The molecule has 78 valence electrons. The van der Waals surface area contributed by atoms with Crippen LogP contribution in [0.4, 0.5) is 0 Å². The molecule has 4 heteroatoms. The number of carbonyl (C=O) groups is 1. The van der Waals surface area contributed by atoms with Crippen molar-refractivity contribution < 1.29 is 4.79 Å². The summed E-state index contributed by atoms with van der Waals surface area (Å²) < 4.78 is 0. The molecule has 0 fully saturated rings. The Hall–Kier alpha value is -0.740. The summed E-state index contributed by atoms with van der Waals surface area (Å²) in [6.45, 7) is 1.96. The highest BCUT2D eigenvalue weighted by Gasteiger charge is 2.05. The summed E-state index contributed by atoms with van der Waals surface area (Å²) in [5.41, 5.74) is 5.59. The van der Waals surface area contributed by atoms with E-state index < -0.39 is 0 Å². The highest BCUT2D eigenvalue weighted by Crippen LogP contribution is 2.08. The molecule has 1 heterocycles. The Labute approximate surface area is 88.3 Å². The lowest BCUT2D eigenvalue weighted by molar-refractivity contribution is -0.118. The third-order valence-electron chi connectivity index (χ3n) is 1.95. The lowest BCUT2D eigenvalue weighted by Gasteiger charge is -2.02. The minimum Gasteiger partial charge on any atom is -0.328 e. The topological polar surface area (TPSA) is 56.0 Å². The van der Waals surface area contributed by atoms with Gasteiger partial charge in [0.2, 0.25) is 0 Å². The van der Waals surface area contributed by atoms with Gasteiger partial charge in [-0.15, -0.1) is 11.3 Å². The van der Waals surface area contributed by atoms with Crippen molar-refractivity contribution in [1.29, 1.82) is 0 Å². The summed E-state index contributed by atoms with van der Waals surface area (Å²) in [7, 11) is 0. The van der Waals surface area contributed by atoms with Crippen LogP contribution in [-0.4, -0.2) is 16.8 Å². The zero-order chi connectivity index (χ0) is 10.4. The van der Waals surface area contributed by atoms with Crippen molar-refractivity contribution in [3.63, 3.8) is 0 Å². The largest absolute Gasteiger partial charge is 0.328 e. The van der Waals surface area contributed by atoms with E-state index in [0.717, 1.165) is 17.8 Å². The Kier molecular flexibility index (Phi) is 4.76. The van der Waals surface area contributed by atoms with Gasteiger partial charge in [0, 0.05) is 24.0 Å². The molecule has 0 aliphatic carbocycles. The third kappa shape index (κ3) is 4.48. The molecule has 0 spiro atoms. The monoisotopic (exact) mass is 212 g/mol. The van der Waals surface area contributed by atoms with Crippen molar-refractivity contribution in [2.45, 2.75) is 38.6 Å². The Morgan fingerprint density at radius 3 is 3.07 bits per heavy atom. The quantitative estimate of drug-likeness (QED) is 0.782. The fourth-order valence-corrected chi connectivity index (χ4v) is 1.86. The van der Waals surface area contributed by atoms with Crippen LogP contribution < -0.4 is 5.73 Å². The molecule has 1 rings (SSSR count). The molecule has 0 aliphatic heterocycles. The minimum atomic E-state index is 0.197. The highest BCUT2D eigenvalue weighted by molar-refractivity contribution is 7.09. The molecule has 0 saturated carbocycles. The van der Waals surface area contributed by atoms with Crippen LogP contribution >= 0.6 is 11.3 Å². The molecule has 0 aliphatic rings. The summed E-state index contributed by atoms with van der Waals surface area (Å²) in [4.78, 5) is 15.5. The molecule has 0 amide bonds. The average molecular weight is 212 g/mol. The summed E-state index contributed by atoms with van der Waals surface area (Å²) in [5, 5.41) is 2.81. The number of Topliss-reactive ketones (excluding diaryl/α,β-unsaturated/α-hetero) is 1. The number of nitrogens with zero attached hydrogens (tertiary/aromatic N) is 1. The first kappa shape index (κ1) is 11.3. The van der Waals surface area contributed by atoms with Crippen molar-refractivity contribution >= 4 is 17.1 Å². The zero-order valence-corrected chi connectivity index (χ0v) is 9.22. The SMILES string of the molecule is CC(N)CCCC(=O)Cc1nccs1. The highest BCUT2D eigenvalue weighted by atomic mass is 32.1. The van der Waals surface area contributed by atoms with E-state index in [4.69, 9.17) is 5.73 Å².